The van der Waals surface area contributed by atoms with Crippen LogP contribution < -0.4 is 4.72 Å². The van der Waals surface area contributed by atoms with Crippen molar-refractivity contribution < 1.29 is 4.21 Å². The van der Waals surface area contributed by atoms with Gasteiger partial charge in [-0.3, -0.25) is 4.72 Å². The SMILES string of the molecule is Cc1cc(Cl)nc(NS(=O)C(C)C)n1. The van der Waals surface area contributed by atoms with Crippen LogP contribution in [0.5, 0.6) is 0 Å². The van der Waals surface area contributed by atoms with Crippen LogP contribution in [-0.2, 0) is 11.0 Å². The van der Waals surface area contributed by atoms with E-state index in [-0.39, 0.29) is 5.25 Å². The molecule has 0 spiro atoms. The Morgan fingerprint density at radius 3 is 2.64 bits per heavy atom. The Labute approximate surface area is 90.7 Å². The second kappa shape index (κ2) is 4.70. The largest absolute Gasteiger partial charge is 0.273 e. The lowest BCUT2D eigenvalue weighted by atomic mass is 10.5. The molecule has 0 bridgehead atoms. The number of aromatic nitrogens is 2. The summed E-state index contributed by atoms with van der Waals surface area (Å²) in [7, 11) is -1.17. The van der Waals surface area contributed by atoms with Crippen molar-refractivity contribution in [1.82, 2.24) is 9.97 Å². The molecule has 0 aromatic carbocycles. The number of nitrogens with one attached hydrogen (secondary N) is 1. The molecule has 1 rings (SSSR count). The van der Waals surface area contributed by atoms with Crippen molar-refractivity contribution in [2.45, 2.75) is 26.0 Å². The van der Waals surface area contributed by atoms with E-state index in [0.717, 1.165) is 5.69 Å². The summed E-state index contributed by atoms with van der Waals surface area (Å²) in [5.74, 6) is 0.307. The molecule has 1 atom stereocenters. The molecule has 0 aliphatic heterocycles. The molecule has 0 radical (unpaired) electrons. The number of anilines is 1. The number of hydrogen-bond donors (Lipinski definition) is 1. The zero-order valence-electron chi connectivity index (χ0n) is 8.24. The molecule has 0 saturated carbocycles. The van der Waals surface area contributed by atoms with Crippen molar-refractivity contribution in [2.75, 3.05) is 4.72 Å². The highest BCUT2D eigenvalue weighted by atomic mass is 35.5. The molecule has 1 aromatic heterocycles. The fourth-order valence-electron chi connectivity index (χ4n) is 0.784. The lowest BCUT2D eigenvalue weighted by Crippen LogP contribution is -2.16. The summed E-state index contributed by atoms with van der Waals surface area (Å²) in [6.07, 6.45) is 0. The van der Waals surface area contributed by atoms with Crippen molar-refractivity contribution in [2.24, 2.45) is 0 Å². The number of aryl methyl sites for hydroxylation is 1. The second-order valence-electron chi connectivity index (χ2n) is 3.10. The Kier molecular flexibility index (Phi) is 3.83. The topological polar surface area (TPSA) is 54.9 Å². The lowest BCUT2D eigenvalue weighted by molar-refractivity contribution is 0.680. The second-order valence-corrected chi connectivity index (χ2v) is 5.23. The first-order valence-electron chi connectivity index (χ1n) is 4.17. The lowest BCUT2D eigenvalue weighted by Gasteiger charge is -2.07. The van der Waals surface area contributed by atoms with Crippen LogP contribution in [0.25, 0.3) is 0 Å². The zero-order chi connectivity index (χ0) is 10.7. The van der Waals surface area contributed by atoms with E-state index in [1.165, 1.54) is 0 Å². The van der Waals surface area contributed by atoms with E-state index in [1.807, 2.05) is 13.8 Å². The van der Waals surface area contributed by atoms with Crippen LogP contribution in [0.2, 0.25) is 5.15 Å². The maximum Gasteiger partial charge on any atom is 0.236 e. The Balaban J connectivity index is 2.82. The summed E-state index contributed by atoms with van der Waals surface area (Å²) >= 11 is 5.72. The quantitative estimate of drug-likeness (QED) is 0.812. The van der Waals surface area contributed by atoms with Gasteiger partial charge >= 0.3 is 0 Å². The number of hydrogen-bond acceptors (Lipinski definition) is 3. The van der Waals surface area contributed by atoms with Crippen molar-refractivity contribution in [1.29, 1.82) is 0 Å². The molecule has 14 heavy (non-hydrogen) atoms. The van der Waals surface area contributed by atoms with E-state index in [2.05, 4.69) is 14.7 Å². The maximum atomic E-state index is 11.4. The first kappa shape index (κ1) is 11.4. The fourth-order valence-corrected chi connectivity index (χ4v) is 1.53. The average Bonchev–Trinajstić information content (AvgIpc) is 2.01. The summed E-state index contributed by atoms with van der Waals surface area (Å²) in [5, 5.41) is 0.360. The third-order valence-corrected chi connectivity index (χ3v) is 2.88. The van der Waals surface area contributed by atoms with Gasteiger partial charge in [0.15, 0.2) is 0 Å². The van der Waals surface area contributed by atoms with Gasteiger partial charge in [0.25, 0.3) is 0 Å². The summed E-state index contributed by atoms with van der Waals surface area (Å²) in [6.45, 7) is 5.50. The summed E-state index contributed by atoms with van der Waals surface area (Å²) < 4.78 is 14.1. The first-order chi connectivity index (χ1) is 6.49. The highest BCUT2D eigenvalue weighted by Gasteiger charge is 2.07. The molecule has 4 nitrogen and oxygen atoms in total. The van der Waals surface area contributed by atoms with E-state index in [0.29, 0.717) is 11.1 Å². The van der Waals surface area contributed by atoms with Crippen LogP contribution in [-0.4, -0.2) is 19.4 Å². The molecule has 6 heteroatoms. The molecule has 0 saturated heterocycles. The standard InChI is InChI=1S/C8H12ClN3OS/c1-5(2)14(13)12-8-10-6(3)4-7(9)11-8/h4-5H,1-3H3,(H,10,11,12). The molecule has 1 unspecified atom stereocenters. The van der Waals surface area contributed by atoms with Gasteiger partial charge < -0.3 is 0 Å². The van der Waals surface area contributed by atoms with E-state index >= 15 is 0 Å². The van der Waals surface area contributed by atoms with Gasteiger partial charge in [0, 0.05) is 10.9 Å². The van der Waals surface area contributed by atoms with Crippen LogP contribution in [0.1, 0.15) is 19.5 Å². The Hall–Kier alpha value is -0.680. The van der Waals surface area contributed by atoms with E-state index in [1.54, 1.807) is 13.0 Å². The third kappa shape index (κ3) is 3.23. The van der Waals surface area contributed by atoms with Crippen LogP contribution >= 0.6 is 11.6 Å². The highest BCUT2D eigenvalue weighted by molar-refractivity contribution is 7.86. The summed E-state index contributed by atoms with van der Waals surface area (Å²) in [4.78, 5) is 7.96. The van der Waals surface area contributed by atoms with Gasteiger partial charge in [0.1, 0.15) is 16.1 Å². The predicted octanol–water partition coefficient (Wildman–Crippen LogP) is 1.92. The monoisotopic (exact) mass is 233 g/mol. The van der Waals surface area contributed by atoms with Crippen LogP contribution in [0.3, 0.4) is 0 Å². The van der Waals surface area contributed by atoms with Crippen molar-refractivity contribution in [3.63, 3.8) is 0 Å². The molecular formula is C8H12ClN3OS. The molecule has 1 aromatic rings. The predicted molar refractivity (Wildman–Crippen MR) is 58.7 cm³/mol. The zero-order valence-corrected chi connectivity index (χ0v) is 9.82. The van der Waals surface area contributed by atoms with E-state index in [4.69, 9.17) is 11.6 Å². The minimum Gasteiger partial charge on any atom is -0.273 e. The molecule has 1 heterocycles. The van der Waals surface area contributed by atoms with Crippen LogP contribution in [0.15, 0.2) is 6.07 Å². The molecular weight excluding hydrogens is 222 g/mol. The van der Waals surface area contributed by atoms with Gasteiger partial charge in [0.05, 0.1) is 0 Å². The minimum absolute atomic E-state index is 0.0119. The maximum absolute atomic E-state index is 11.4. The molecule has 0 aliphatic rings. The van der Waals surface area contributed by atoms with Gasteiger partial charge in [-0.1, -0.05) is 11.6 Å². The molecule has 78 valence electrons. The minimum atomic E-state index is -1.17. The van der Waals surface area contributed by atoms with Crippen molar-refractivity contribution in [3.8, 4) is 0 Å². The van der Waals surface area contributed by atoms with E-state index in [9.17, 15) is 4.21 Å². The first-order valence-corrected chi connectivity index (χ1v) is 5.76. The third-order valence-electron chi connectivity index (χ3n) is 1.44. The number of halogens is 1. The molecule has 1 N–H and O–H groups in total. The summed E-state index contributed by atoms with van der Waals surface area (Å²) in [6, 6.07) is 1.64. The van der Waals surface area contributed by atoms with Crippen LogP contribution in [0, 0.1) is 6.92 Å². The Morgan fingerprint density at radius 1 is 1.50 bits per heavy atom. The van der Waals surface area contributed by atoms with Crippen molar-refractivity contribution >= 4 is 28.5 Å². The number of nitrogens with zero attached hydrogens (tertiary/aromatic N) is 2. The smallest absolute Gasteiger partial charge is 0.236 e. The molecule has 0 fully saturated rings. The van der Waals surface area contributed by atoms with Gasteiger partial charge in [-0.15, -0.1) is 0 Å². The van der Waals surface area contributed by atoms with Crippen LogP contribution in [0.4, 0.5) is 5.95 Å². The Bertz CT molecular complexity index is 336. The van der Waals surface area contributed by atoms with Gasteiger partial charge in [0.2, 0.25) is 5.95 Å². The summed E-state index contributed by atoms with van der Waals surface area (Å²) in [5.41, 5.74) is 0.744. The number of rotatable bonds is 3. The van der Waals surface area contributed by atoms with Gasteiger partial charge in [-0.05, 0) is 26.8 Å². The molecule has 0 amide bonds. The molecule has 0 aliphatic carbocycles. The fraction of sp³-hybridized carbons (Fsp3) is 0.500. The van der Waals surface area contributed by atoms with Gasteiger partial charge in [-0.25, -0.2) is 14.2 Å². The Morgan fingerprint density at radius 2 is 2.14 bits per heavy atom. The van der Waals surface area contributed by atoms with Gasteiger partial charge in [-0.2, -0.15) is 0 Å². The normalized spacial score (nSPS) is 12.9. The van der Waals surface area contributed by atoms with Crippen molar-refractivity contribution in [3.05, 3.63) is 16.9 Å². The highest BCUT2D eigenvalue weighted by Crippen LogP contribution is 2.10. The van der Waals surface area contributed by atoms with E-state index < -0.39 is 11.0 Å². The average molecular weight is 234 g/mol.